The fourth-order valence-corrected chi connectivity index (χ4v) is 4.75. The Kier molecular flexibility index (Phi) is 6.15. The van der Waals surface area contributed by atoms with E-state index in [0.717, 1.165) is 12.1 Å². The summed E-state index contributed by atoms with van der Waals surface area (Å²) in [6.07, 6.45) is 0. The van der Waals surface area contributed by atoms with Gasteiger partial charge in [0.2, 0.25) is 0 Å². The minimum absolute atomic E-state index is 0.0304. The van der Waals surface area contributed by atoms with Crippen molar-refractivity contribution >= 4 is 20.1 Å². The summed E-state index contributed by atoms with van der Waals surface area (Å²) in [7, 11) is -2.48. The molecule has 0 bridgehead atoms. The molecule has 4 nitrogen and oxygen atoms in total. The van der Waals surface area contributed by atoms with E-state index in [2.05, 4.69) is 13.8 Å². The van der Waals surface area contributed by atoms with Crippen LogP contribution in [0.2, 0.25) is 12.1 Å². The molecule has 0 unspecified atom stereocenters. The van der Waals surface area contributed by atoms with Gasteiger partial charge in [-0.1, -0.05) is 13.8 Å². The smallest absolute Gasteiger partial charge is 0.459 e. The maximum Gasteiger partial charge on any atom is 0.459 e. The van der Waals surface area contributed by atoms with Crippen molar-refractivity contribution in [3.8, 4) is 11.5 Å². The molecule has 0 aliphatic heterocycles. The molecule has 0 spiro atoms. The van der Waals surface area contributed by atoms with Crippen LogP contribution in [-0.4, -0.2) is 20.1 Å². The topological polar surface area (TPSA) is 52.6 Å². The molecule has 132 valence electrons. The van der Waals surface area contributed by atoms with Crippen molar-refractivity contribution in [2.24, 2.45) is 0 Å². The molecule has 0 radical (unpaired) electrons. The molecule has 2 rings (SSSR count). The predicted octanol–water partition coefficient (Wildman–Crippen LogP) is 5.03. The van der Waals surface area contributed by atoms with Gasteiger partial charge < -0.3 is 8.85 Å². The summed E-state index contributed by atoms with van der Waals surface area (Å²) in [6, 6.07) is 15.9. The van der Waals surface area contributed by atoms with E-state index in [1.165, 1.54) is 0 Å². The normalized spacial score (nSPS) is 11.0. The van der Waals surface area contributed by atoms with Crippen LogP contribution >= 0.6 is 0 Å². The van der Waals surface area contributed by atoms with Crippen LogP contribution in [0.15, 0.2) is 48.5 Å². The highest BCUT2D eigenvalue weighted by atomic mass is 28.4. The highest BCUT2D eigenvalue weighted by Crippen LogP contribution is 2.26. The Morgan fingerprint density at radius 2 is 1.04 bits per heavy atom. The van der Waals surface area contributed by atoms with Crippen LogP contribution in [0.5, 0.6) is 11.5 Å². The highest BCUT2D eigenvalue weighted by molar-refractivity contribution is 6.68. The van der Waals surface area contributed by atoms with Gasteiger partial charge in [0.15, 0.2) is 11.6 Å². The lowest BCUT2D eigenvalue weighted by Crippen LogP contribution is -2.47. The third kappa shape index (κ3) is 4.79. The predicted molar refractivity (Wildman–Crippen MR) is 101 cm³/mol. The van der Waals surface area contributed by atoms with E-state index in [-0.39, 0.29) is 11.6 Å². The lowest BCUT2D eigenvalue weighted by atomic mass is 10.1. The average molecular weight is 356 g/mol. The number of ketones is 2. The largest absolute Gasteiger partial charge is 0.512 e. The number of hydrogen-bond donors (Lipinski definition) is 0. The zero-order valence-electron chi connectivity index (χ0n) is 15.2. The maximum atomic E-state index is 11.4. The van der Waals surface area contributed by atoms with Gasteiger partial charge in [0.1, 0.15) is 11.5 Å². The van der Waals surface area contributed by atoms with Crippen LogP contribution in [0, 0.1) is 0 Å². The van der Waals surface area contributed by atoms with Crippen molar-refractivity contribution in [3.63, 3.8) is 0 Å². The Morgan fingerprint density at radius 3 is 1.28 bits per heavy atom. The van der Waals surface area contributed by atoms with Crippen LogP contribution in [0.1, 0.15) is 48.4 Å². The number of Topliss-reactive ketones (excluding diaryl/α,β-unsaturated/α-hetero) is 2. The fourth-order valence-electron chi connectivity index (χ4n) is 2.50. The second-order valence-electron chi connectivity index (χ2n) is 5.98. The van der Waals surface area contributed by atoms with Gasteiger partial charge in [-0.3, -0.25) is 9.59 Å². The second kappa shape index (κ2) is 8.12. The Balaban J connectivity index is 2.19. The fraction of sp³-hybridized carbons (Fsp3) is 0.300. The summed E-state index contributed by atoms with van der Waals surface area (Å²) in [5.74, 6) is 1.48. The zero-order chi connectivity index (χ0) is 18.4. The molecule has 0 amide bonds. The quantitative estimate of drug-likeness (QED) is 0.491. The van der Waals surface area contributed by atoms with Crippen molar-refractivity contribution in [1.29, 1.82) is 0 Å². The number of rotatable bonds is 8. The third-order valence-corrected chi connectivity index (χ3v) is 7.58. The molecule has 0 aliphatic carbocycles. The first-order valence-electron chi connectivity index (χ1n) is 8.49. The van der Waals surface area contributed by atoms with Crippen LogP contribution < -0.4 is 8.85 Å². The Hall–Kier alpha value is -2.40. The molecular weight excluding hydrogens is 332 g/mol. The molecule has 0 saturated carbocycles. The van der Waals surface area contributed by atoms with E-state index in [1.807, 2.05) is 24.3 Å². The molecule has 2 aromatic carbocycles. The van der Waals surface area contributed by atoms with Crippen molar-refractivity contribution in [2.45, 2.75) is 39.8 Å². The summed E-state index contributed by atoms with van der Waals surface area (Å²) in [5, 5.41) is 0. The molecule has 0 heterocycles. The van der Waals surface area contributed by atoms with E-state index in [4.69, 9.17) is 8.85 Å². The van der Waals surface area contributed by atoms with Gasteiger partial charge in [0, 0.05) is 23.2 Å². The number of carbonyl (C=O) groups excluding carboxylic acids is 2. The molecule has 0 aromatic heterocycles. The van der Waals surface area contributed by atoms with Crippen LogP contribution in [-0.2, 0) is 0 Å². The third-order valence-electron chi connectivity index (χ3n) is 4.21. The van der Waals surface area contributed by atoms with E-state index in [1.54, 1.807) is 38.1 Å². The molecule has 0 fully saturated rings. The second-order valence-corrected chi connectivity index (χ2v) is 9.63. The summed E-state index contributed by atoms with van der Waals surface area (Å²) >= 11 is 0. The van der Waals surface area contributed by atoms with Crippen LogP contribution in [0.3, 0.4) is 0 Å². The van der Waals surface area contributed by atoms with Gasteiger partial charge in [-0.2, -0.15) is 0 Å². The lowest BCUT2D eigenvalue weighted by Gasteiger charge is -2.30. The molecule has 5 heteroatoms. The number of carbonyl (C=O) groups is 2. The summed E-state index contributed by atoms with van der Waals surface area (Å²) in [5.41, 5.74) is 1.32. The Morgan fingerprint density at radius 1 is 0.720 bits per heavy atom. The van der Waals surface area contributed by atoms with Crippen molar-refractivity contribution in [1.82, 2.24) is 0 Å². The first-order chi connectivity index (χ1) is 11.9. The summed E-state index contributed by atoms with van der Waals surface area (Å²) in [4.78, 5) is 22.8. The monoisotopic (exact) mass is 356 g/mol. The van der Waals surface area contributed by atoms with Crippen LogP contribution in [0.25, 0.3) is 0 Å². The van der Waals surface area contributed by atoms with Crippen molar-refractivity contribution in [2.75, 3.05) is 0 Å². The zero-order valence-corrected chi connectivity index (χ0v) is 16.2. The Labute approximate surface area is 150 Å². The average Bonchev–Trinajstić information content (AvgIpc) is 2.62. The van der Waals surface area contributed by atoms with Gasteiger partial charge in [0.05, 0.1) is 0 Å². The maximum absolute atomic E-state index is 11.4. The van der Waals surface area contributed by atoms with Gasteiger partial charge in [-0.25, -0.2) is 0 Å². The molecule has 25 heavy (non-hydrogen) atoms. The van der Waals surface area contributed by atoms with Gasteiger partial charge in [-0.05, 0) is 62.4 Å². The number of benzene rings is 2. The summed E-state index contributed by atoms with van der Waals surface area (Å²) in [6.45, 7) is 7.20. The summed E-state index contributed by atoms with van der Waals surface area (Å²) < 4.78 is 12.5. The molecule has 0 saturated heterocycles. The first kappa shape index (κ1) is 18.9. The van der Waals surface area contributed by atoms with Crippen molar-refractivity contribution < 1.29 is 18.4 Å². The minimum Gasteiger partial charge on any atom is -0.512 e. The van der Waals surface area contributed by atoms with Crippen molar-refractivity contribution in [3.05, 3.63) is 59.7 Å². The van der Waals surface area contributed by atoms with E-state index < -0.39 is 8.56 Å². The minimum atomic E-state index is -2.48. The first-order valence-corrected chi connectivity index (χ1v) is 10.7. The van der Waals surface area contributed by atoms with E-state index in [9.17, 15) is 9.59 Å². The lowest BCUT2D eigenvalue weighted by molar-refractivity contribution is 0.100. The Bertz CT molecular complexity index is 670. The molecule has 2 aromatic rings. The molecular formula is C20H24O4Si. The van der Waals surface area contributed by atoms with Gasteiger partial charge >= 0.3 is 8.56 Å². The molecule has 0 N–H and O–H groups in total. The standard InChI is InChI=1S/C20H24O4Si/c1-5-25(6-2,23-19-11-7-17(8-12-19)15(3)21)24-20-13-9-18(10-14-20)16(4)22/h7-14H,5-6H2,1-4H3. The number of hydrogen-bond acceptors (Lipinski definition) is 4. The van der Waals surface area contributed by atoms with Gasteiger partial charge in [-0.15, -0.1) is 0 Å². The highest BCUT2D eigenvalue weighted by Gasteiger charge is 2.38. The van der Waals surface area contributed by atoms with E-state index >= 15 is 0 Å². The van der Waals surface area contributed by atoms with E-state index in [0.29, 0.717) is 22.6 Å². The SMILES string of the molecule is CC[Si](CC)(Oc1ccc(C(C)=O)cc1)Oc1ccc(C(C)=O)cc1. The van der Waals surface area contributed by atoms with Gasteiger partial charge in [0.25, 0.3) is 0 Å². The van der Waals surface area contributed by atoms with Crippen LogP contribution in [0.4, 0.5) is 0 Å². The molecule has 0 atom stereocenters. The molecule has 0 aliphatic rings.